The first-order valence-electron chi connectivity index (χ1n) is 7.04. The molecule has 1 amide bonds. The van der Waals surface area contributed by atoms with Gasteiger partial charge in [-0.25, -0.2) is 0 Å². The minimum atomic E-state index is -0.925. The van der Waals surface area contributed by atoms with Crippen LogP contribution in [-0.4, -0.2) is 36.1 Å². The van der Waals surface area contributed by atoms with E-state index in [2.05, 4.69) is 4.90 Å². The Morgan fingerprint density at radius 3 is 2.70 bits per heavy atom. The fraction of sp³-hybridized carbons (Fsp3) is 0.467. The second-order valence-electron chi connectivity index (χ2n) is 5.38. The highest BCUT2D eigenvalue weighted by molar-refractivity contribution is 5.99. The van der Waals surface area contributed by atoms with Crippen LogP contribution in [0.5, 0.6) is 0 Å². The molecule has 5 heteroatoms. The molecule has 0 aromatic heterocycles. The molecule has 1 aromatic carbocycles. The Morgan fingerprint density at radius 1 is 1.20 bits per heavy atom. The molecule has 1 saturated heterocycles. The molecule has 3 rings (SSSR count). The van der Waals surface area contributed by atoms with Gasteiger partial charge in [0.05, 0.1) is 17.8 Å². The second-order valence-corrected chi connectivity index (χ2v) is 5.38. The SMILES string of the molecule is O=C(O)CCC(=O)N1CC2CCCN2c2ccccc21. The van der Waals surface area contributed by atoms with E-state index in [1.807, 2.05) is 24.3 Å². The van der Waals surface area contributed by atoms with E-state index in [4.69, 9.17) is 5.11 Å². The third-order valence-electron chi connectivity index (χ3n) is 4.11. The molecule has 0 saturated carbocycles. The summed E-state index contributed by atoms with van der Waals surface area (Å²) in [5.41, 5.74) is 2.02. The lowest BCUT2D eigenvalue weighted by Gasteiger charge is -2.40. The summed E-state index contributed by atoms with van der Waals surface area (Å²) in [5, 5.41) is 8.73. The zero-order valence-electron chi connectivity index (χ0n) is 11.3. The van der Waals surface area contributed by atoms with Gasteiger partial charge in [-0.2, -0.15) is 0 Å². The Bertz CT molecular complexity index is 544. The summed E-state index contributed by atoms with van der Waals surface area (Å²) in [6.07, 6.45) is 2.20. The Labute approximate surface area is 117 Å². The molecule has 0 spiro atoms. The molecule has 2 heterocycles. The van der Waals surface area contributed by atoms with Gasteiger partial charge in [0.15, 0.2) is 0 Å². The summed E-state index contributed by atoms with van der Waals surface area (Å²) in [4.78, 5) is 27.1. The van der Waals surface area contributed by atoms with E-state index in [0.717, 1.165) is 30.8 Å². The van der Waals surface area contributed by atoms with Gasteiger partial charge in [-0.05, 0) is 25.0 Å². The van der Waals surface area contributed by atoms with Gasteiger partial charge < -0.3 is 14.9 Å². The average molecular weight is 274 g/mol. The van der Waals surface area contributed by atoms with Crippen molar-refractivity contribution in [2.45, 2.75) is 31.7 Å². The molecular formula is C15H18N2O3. The maximum absolute atomic E-state index is 12.3. The maximum Gasteiger partial charge on any atom is 0.303 e. The number of benzene rings is 1. The van der Waals surface area contributed by atoms with Crippen molar-refractivity contribution in [2.75, 3.05) is 22.9 Å². The Balaban J connectivity index is 1.86. The zero-order chi connectivity index (χ0) is 14.1. The smallest absolute Gasteiger partial charge is 0.303 e. The third kappa shape index (κ3) is 2.24. The quantitative estimate of drug-likeness (QED) is 0.914. The number of carboxylic acids is 1. The molecule has 1 atom stereocenters. The predicted molar refractivity (Wildman–Crippen MR) is 76.0 cm³/mol. The molecular weight excluding hydrogens is 256 g/mol. The minimum Gasteiger partial charge on any atom is -0.481 e. The topological polar surface area (TPSA) is 60.9 Å². The molecule has 106 valence electrons. The van der Waals surface area contributed by atoms with E-state index < -0.39 is 5.97 Å². The van der Waals surface area contributed by atoms with E-state index in [1.54, 1.807) is 4.90 Å². The van der Waals surface area contributed by atoms with Crippen molar-refractivity contribution in [3.63, 3.8) is 0 Å². The van der Waals surface area contributed by atoms with Crippen molar-refractivity contribution in [3.05, 3.63) is 24.3 Å². The van der Waals surface area contributed by atoms with Crippen LogP contribution in [0.15, 0.2) is 24.3 Å². The molecule has 0 aliphatic carbocycles. The van der Waals surface area contributed by atoms with Crippen LogP contribution in [0.2, 0.25) is 0 Å². The number of carbonyl (C=O) groups excluding carboxylic acids is 1. The molecule has 5 nitrogen and oxygen atoms in total. The first kappa shape index (κ1) is 13.0. The average Bonchev–Trinajstić information content (AvgIpc) is 2.92. The highest BCUT2D eigenvalue weighted by Crippen LogP contribution is 2.39. The lowest BCUT2D eigenvalue weighted by Crippen LogP contribution is -2.48. The first-order valence-corrected chi connectivity index (χ1v) is 7.04. The predicted octanol–water partition coefficient (Wildman–Crippen LogP) is 1.87. The lowest BCUT2D eigenvalue weighted by molar-refractivity contribution is -0.138. The molecule has 0 bridgehead atoms. The van der Waals surface area contributed by atoms with Crippen LogP contribution in [0, 0.1) is 0 Å². The Kier molecular flexibility index (Phi) is 3.34. The fourth-order valence-electron chi connectivity index (χ4n) is 3.17. The van der Waals surface area contributed by atoms with Crippen molar-refractivity contribution in [2.24, 2.45) is 0 Å². The van der Waals surface area contributed by atoms with Gasteiger partial charge in [-0.3, -0.25) is 9.59 Å². The van der Waals surface area contributed by atoms with Crippen LogP contribution in [0.3, 0.4) is 0 Å². The third-order valence-corrected chi connectivity index (χ3v) is 4.11. The minimum absolute atomic E-state index is 0.0659. The summed E-state index contributed by atoms with van der Waals surface area (Å²) in [7, 11) is 0. The summed E-state index contributed by atoms with van der Waals surface area (Å²) in [6.45, 7) is 1.72. The van der Waals surface area contributed by atoms with Crippen LogP contribution in [0.1, 0.15) is 25.7 Å². The molecule has 1 unspecified atom stereocenters. The van der Waals surface area contributed by atoms with Crippen molar-refractivity contribution < 1.29 is 14.7 Å². The number of para-hydroxylation sites is 2. The zero-order valence-corrected chi connectivity index (χ0v) is 11.3. The van der Waals surface area contributed by atoms with Gasteiger partial charge in [0.25, 0.3) is 0 Å². The van der Waals surface area contributed by atoms with Gasteiger partial charge in [0.1, 0.15) is 0 Å². The van der Waals surface area contributed by atoms with Crippen LogP contribution in [-0.2, 0) is 9.59 Å². The Hall–Kier alpha value is -2.04. The summed E-state index contributed by atoms with van der Waals surface area (Å²) in [5.74, 6) is -1.02. The van der Waals surface area contributed by atoms with E-state index in [1.165, 1.54) is 0 Å². The largest absolute Gasteiger partial charge is 0.481 e. The number of hydrogen-bond acceptors (Lipinski definition) is 3. The number of fused-ring (bicyclic) bond motifs is 3. The number of anilines is 2. The van der Waals surface area contributed by atoms with Gasteiger partial charge in [-0.15, -0.1) is 0 Å². The number of nitrogens with zero attached hydrogens (tertiary/aromatic N) is 2. The molecule has 2 aliphatic rings. The van der Waals surface area contributed by atoms with E-state index in [9.17, 15) is 9.59 Å². The van der Waals surface area contributed by atoms with Crippen LogP contribution < -0.4 is 9.80 Å². The van der Waals surface area contributed by atoms with Crippen molar-refractivity contribution in [1.82, 2.24) is 0 Å². The number of carbonyl (C=O) groups is 2. The fourth-order valence-corrected chi connectivity index (χ4v) is 3.17. The van der Waals surface area contributed by atoms with E-state index in [0.29, 0.717) is 12.6 Å². The first-order chi connectivity index (χ1) is 9.66. The van der Waals surface area contributed by atoms with Crippen LogP contribution in [0.4, 0.5) is 11.4 Å². The molecule has 1 fully saturated rings. The molecule has 2 aliphatic heterocycles. The number of rotatable bonds is 3. The second kappa shape index (κ2) is 5.15. The normalized spacial score (nSPS) is 20.5. The monoisotopic (exact) mass is 274 g/mol. The van der Waals surface area contributed by atoms with E-state index >= 15 is 0 Å². The van der Waals surface area contributed by atoms with Gasteiger partial charge >= 0.3 is 5.97 Å². The molecule has 20 heavy (non-hydrogen) atoms. The number of hydrogen-bond donors (Lipinski definition) is 1. The molecule has 0 radical (unpaired) electrons. The van der Waals surface area contributed by atoms with Crippen molar-refractivity contribution in [1.29, 1.82) is 0 Å². The van der Waals surface area contributed by atoms with E-state index in [-0.39, 0.29) is 18.7 Å². The summed E-state index contributed by atoms with van der Waals surface area (Å²) < 4.78 is 0. The summed E-state index contributed by atoms with van der Waals surface area (Å²) >= 11 is 0. The standard InChI is InChI=1S/C15H18N2O3/c18-14(7-8-15(19)20)17-10-11-4-3-9-16(11)12-5-1-2-6-13(12)17/h1-2,5-6,11H,3-4,7-10H2,(H,19,20). The van der Waals surface area contributed by atoms with Crippen LogP contribution in [0.25, 0.3) is 0 Å². The number of carboxylic acid groups (broad SMARTS) is 1. The van der Waals surface area contributed by atoms with Crippen LogP contribution >= 0.6 is 0 Å². The van der Waals surface area contributed by atoms with Crippen molar-refractivity contribution in [3.8, 4) is 0 Å². The molecule has 1 N–H and O–H groups in total. The highest BCUT2D eigenvalue weighted by atomic mass is 16.4. The number of amides is 1. The molecule has 1 aromatic rings. The lowest BCUT2D eigenvalue weighted by atomic mass is 10.1. The summed E-state index contributed by atoms with van der Waals surface area (Å²) in [6, 6.07) is 8.28. The Morgan fingerprint density at radius 2 is 1.95 bits per heavy atom. The number of aliphatic carboxylic acids is 1. The van der Waals surface area contributed by atoms with Gasteiger partial charge in [-0.1, -0.05) is 12.1 Å². The highest BCUT2D eigenvalue weighted by Gasteiger charge is 2.35. The van der Waals surface area contributed by atoms with Gasteiger partial charge in [0.2, 0.25) is 5.91 Å². The van der Waals surface area contributed by atoms with Crippen molar-refractivity contribution >= 4 is 23.3 Å². The maximum atomic E-state index is 12.3. The van der Waals surface area contributed by atoms with Gasteiger partial charge in [0, 0.05) is 25.6 Å².